The third-order valence-electron chi connectivity index (χ3n) is 5.15. The summed E-state index contributed by atoms with van der Waals surface area (Å²) in [5, 5.41) is 4.21. The molecular formula is C19H23N5O2S. The molecule has 1 aliphatic heterocycles. The zero-order valence-corrected chi connectivity index (χ0v) is 16.8. The third-order valence-corrected chi connectivity index (χ3v) is 7.14. The van der Waals surface area contributed by atoms with Gasteiger partial charge in [0, 0.05) is 31.8 Å². The summed E-state index contributed by atoms with van der Waals surface area (Å²) in [6.07, 6.45) is 2.34. The van der Waals surface area contributed by atoms with E-state index in [2.05, 4.69) is 15.1 Å². The minimum atomic E-state index is -3.61. The Hall–Kier alpha value is -2.45. The lowest BCUT2D eigenvalue weighted by molar-refractivity contribution is 0.385. The summed E-state index contributed by atoms with van der Waals surface area (Å²) in [6.45, 7) is 6.50. The zero-order chi connectivity index (χ0) is 19.3. The molecule has 3 aromatic rings. The van der Waals surface area contributed by atoms with E-state index < -0.39 is 10.0 Å². The van der Waals surface area contributed by atoms with Crippen LogP contribution < -0.4 is 0 Å². The van der Waals surface area contributed by atoms with Gasteiger partial charge in [-0.2, -0.15) is 9.40 Å². The molecule has 1 aliphatic rings. The quantitative estimate of drug-likeness (QED) is 0.751. The van der Waals surface area contributed by atoms with Gasteiger partial charge in [0.2, 0.25) is 10.0 Å². The number of H-pyrrole nitrogens is 1. The van der Waals surface area contributed by atoms with Crippen LogP contribution in [-0.2, 0) is 30.0 Å². The van der Waals surface area contributed by atoms with Crippen LogP contribution in [0.15, 0.2) is 29.3 Å². The van der Waals surface area contributed by atoms with Gasteiger partial charge in [0.15, 0.2) is 0 Å². The topological polar surface area (TPSA) is 83.9 Å². The molecule has 7 nitrogen and oxygen atoms in total. The first kappa shape index (κ1) is 17.9. The molecule has 0 radical (unpaired) electrons. The van der Waals surface area contributed by atoms with Crippen molar-refractivity contribution in [3.63, 3.8) is 0 Å². The summed E-state index contributed by atoms with van der Waals surface area (Å²) < 4.78 is 30.1. The molecule has 0 spiro atoms. The number of benzene rings is 1. The molecule has 0 bridgehead atoms. The van der Waals surface area contributed by atoms with E-state index in [1.54, 1.807) is 16.9 Å². The molecule has 1 N–H and O–H groups in total. The van der Waals surface area contributed by atoms with E-state index >= 15 is 0 Å². The van der Waals surface area contributed by atoms with Gasteiger partial charge in [0.25, 0.3) is 0 Å². The molecule has 0 unspecified atom stereocenters. The fraction of sp³-hybridized carbons (Fsp3) is 0.368. The molecule has 0 amide bonds. The van der Waals surface area contributed by atoms with Crippen LogP contribution in [0.1, 0.15) is 28.3 Å². The molecule has 142 valence electrons. The SMILES string of the molecule is Cc1nc2c([nH]1)CN(S(=O)(=O)c1cc(-c3ccnn3C)c(C)cc1C)CC2. The normalized spacial score (nSPS) is 15.1. The maximum atomic E-state index is 13.4. The number of hydrogen-bond donors (Lipinski definition) is 1. The fourth-order valence-corrected chi connectivity index (χ4v) is 5.42. The molecular weight excluding hydrogens is 362 g/mol. The number of fused-ring (bicyclic) bond motifs is 1. The Morgan fingerprint density at radius 3 is 2.63 bits per heavy atom. The number of aryl methyl sites for hydroxylation is 4. The highest BCUT2D eigenvalue weighted by Crippen LogP contribution is 2.31. The summed E-state index contributed by atoms with van der Waals surface area (Å²) in [4.78, 5) is 7.98. The summed E-state index contributed by atoms with van der Waals surface area (Å²) in [5.41, 5.74) is 5.42. The van der Waals surface area contributed by atoms with E-state index in [1.165, 1.54) is 4.31 Å². The minimum Gasteiger partial charge on any atom is -0.345 e. The molecule has 8 heteroatoms. The van der Waals surface area contributed by atoms with E-state index in [4.69, 9.17) is 0 Å². The van der Waals surface area contributed by atoms with E-state index in [0.29, 0.717) is 24.4 Å². The Labute approximate surface area is 159 Å². The van der Waals surface area contributed by atoms with Crippen LogP contribution in [0, 0.1) is 20.8 Å². The Balaban J connectivity index is 1.77. The first-order valence-corrected chi connectivity index (χ1v) is 10.4. The second-order valence-corrected chi connectivity index (χ2v) is 9.02. The summed E-state index contributed by atoms with van der Waals surface area (Å²) in [7, 11) is -1.76. The smallest absolute Gasteiger partial charge is 0.243 e. The standard InChI is InChI=1S/C19H23N5O2S/c1-12-9-13(2)19(10-15(12)18-5-7-20-23(18)4)27(25,26)24-8-6-16-17(11-24)22-14(3)21-16/h5,7,9-10H,6,8,11H2,1-4H3,(H,21,22). The van der Waals surface area contributed by atoms with Crippen molar-refractivity contribution in [1.82, 2.24) is 24.1 Å². The van der Waals surface area contributed by atoms with Gasteiger partial charge in [-0.3, -0.25) is 4.68 Å². The number of imidazole rings is 1. The van der Waals surface area contributed by atoms with E-state index in [0.717, 1.165) is 39.6 Å². The van der Waals surface area contributed by atoms with Crippen LogP contribution in [0.3, 0.4) is 0 Å². The molecule has 27 heavy (non-hydrogen) atoms. The van der Waals surface area contributed by atoms with Gasteiger partial charge in [-0.05, 0) is 44.0 Å². The van der Waals surface area contributed by atoms with Gasteiger partial charge in [-0.1, -0.05) is 6.07 Å². The van der Waals surface area contributed by atoms with E-state index in [-0.39, 0.29) is 0 Å². The number of nitrogens with one attached hydrogen (secondary N) is 1. The second-order valence-electron chi connectivity index (χ2n) is 7.11. The molecule has 2 aromatic heterocycles. The van der Waals surface area contributed by atoms with E-state index in [9.17, 15) is 8.42 Å². The summed E-state index contributed by atoms with van der Waals surface area (Å²) in [5.74, 6) is 0.823. The highest BCUT2D eigenvalue weighted by Gasteiger charge is 2.31. The highest BCUT2D eigenvalue weighted by atomic mass is 32.2. The van der Waals surface area contributed by atoms with Gasteiger partial charge >= 0.3 is 0 Å². The molecule has 1 aromatic carbocycles. The average molecular weight is 385 g/mol. The number of aromatic amines is 1. The summed E-state index contributed by atoms with van der Waals surface area (Å²) >= 11 is 0. The van der Waals surface area contributed by atoms with Crippen molar-refractivity contribution in [3.8, 4) is 11.3 Å². The molecule has 4 rings (SSSR count). The largest absolute Gasteiger partial charge is 0.345 e. The fourth-order valence-electron chi connectivity index (χ4n) is 3.78. The van der Waals surface area contributed by atoms with Crippen molar-refractivity contribution in [2.75, 3.05) is 6.54 Å². The van der Waals surface area contributed by atoms with Crippen molar-refractivity contribution in [2.24, 2.45) is 7.05 Å². The highest BCUT2D eigenvalue weighted by molar-refractivity contribution is 7.89. The predicted octanol–water partition coefficient (Wildman–Crippen LogP) is 2.48. The van der Waals surface area contributed by atoms with Crippen molar-refractivity contribution in [1.29, 1.82) is 0 Å². The number of sulfonamides is 1. The Kier molecular flexibility index (Phi) is 4.20. The Bertz CT molecular complexity index is 1130. The van der Waals surface area contributed by atoms with Gasteiger partial charge in [0.05, 0.1) is 28.5 Å². The van der Waals surface area contributed by atoms with Crippen LogP contribution in [0.2, 0.25) is 0 Å². The van der Waals surface area contributed by atoms with Crippen LogP contribution in [-0.4, -0.2) is 39.0 Å². The Morgan fingerprint density at radius 1 is 1.15 bits per heavy atom. The maximum absolute atomic E-state index is 13.4. The van der Waals surface area contributed by atoms with Gasteiger partial charge in [-0.15, -0.1) is 0 Å². The summed E-state index contributed by atoms with van der Waals surface area (Å²) in [6, 6.07) is 5.62. The average Bonchev–Trinajstić information content (AvgIpc) is 3.18. The number of nitrogens with zero attached hydrogens (tertiary/aromatic N) is 4. The van der Waals surface area contributed by atoms with Crippen LogP contribution in [0.5, 0.6) is 0 Å². The second kappa shape index (κ2) is 6.31. The van der Waals surface area contributed by atoms with Crippen molar-refractivity contribution >= 4 is 10.0 Å². The maximum Gasteiger partial charge on any atom is 0.243 e. The molecule has 3 heterocycles. The molecule has 0 atom stereocenters. The number of rotatable bonds is 3. The van der Waals surface area contributed by atoms with Crippen LogP contribution in [0.25, 0.3) is 11.3 Å². The first-order chi connectivity index (χ1) is 12.8. The number of aromatic nitrogens is 4. The molecule has 0 saturated heterocycles. The lowest BCUT2D eigenvalue weighted by Crippen LogP contribution is -2.36. The monoisotopic (exact) mass is 385 g/mol. The van der Waals surface area contributed by atoms with Crippen LogP contribution >= 0.6 is 0 Å². The van der Waals surface area contributed by atoms with Crippen molar-refractivity contribution in [3.05, 3.63) is 52.7 Å². The first-order valence-electron chi connectivity index (χ1n) is 8.91. The predicted molar refractivity (Wildman–Crippen MR) is 103 cm³/mol. The zero-order valence-electron chi connectivity index (χ0n) is 15.9. The van der Waals surface area contributed by atoms with E-state index in [1.807, 2.05) is 40.0 Å². The molecule has 0 aliphatic carbocycles. The van der Waals surface area contributed by atoms with Gasteiger partial charge in [0.1, 0.15) is 5.82 Å². The van der Waals surface area contributed by atoms with Crippen molar-refractivity contribution in [2.45, 2.75) is 38.6 Å². The van der Waals surface area contributed by atoms with Crippen LogP contribution in [0.4, 0.5) is 0 Å². The lowest BCUT2D eigenvalue weighted by atomic mass is 10.0. The third kappa shape index (κ3) is 2.98. The molecule has 0 saturated carbocycles. The Morgan fingerprint density at radius 2 is 1.93 bits per heavy atom. The minimum absolute atomic E-state index is 0.326. The number of hydrogen-bond acceptors (Lipinski definition) is 4. The van der Waals surface area contributed by atoms with Gasteiger partial charge < -0.3 is 4.98 Å². The molecule has 0 fully saturated rings. The van der Waals surface area contributed by atoms with Crippen molar-refractivity contribution < 1.29 is 8.42 Å². The lowest BCUT2D eigenvalue weighted by Gasteiger charge is -2.26. The van der Waals surface area contributed by atoms with Gasteiger partial charge in [-0.25, -0.2) is 13.4 Å².